The number of nitrogens with one attached hydrogen (secondary N) is 1. The van der Waals surface area contributed by atoms with E-state index in [0.29, 0.717) is 6.42 Å². The van der Waals surface area contributed by atoms with Crippen LogP contribution in [-0.4, -0.2) is 11.0 Å². The van der Waals surface area contributed by atoms with E-state index in [-0.39, 0.29) is 23.2 Å². The first kappa shape index (κ1) is 14.9. The molecular formula is C15H14F2N2O2. The molecule has 21 heavy (non-hydrogen) atoms. The predicted molar refractivity (Wildman–Crippen MR) is 76.2 cm³/mol. The van der Waals surface area contributed by atoms with Crippen LogP contribution in [0.2, 0.25) is 0 Å². The van der Waals surface area contributed by atoms with Crippen molar-refractivity contribution in [1.82, 2.24) is 0 Å². The molecule has 0 aromatic heterocycles. The molecule has 4 nitrogen and oxygen atoms in total. The lowest BCUT2D eigenvalue weighted by molar-refractivity contribution is -0.385. The van der Waals surface area contributed by atoms with E-state index in [1.165, 1.54) is 24.3 Å². The Morgan fingerprint density at radius 3 is 2.62 bits per heavy atom. The van der Waals surface area contributed by atoms with Crippen LogP contribution < -0.4 is 5.32 Å². The SMILES string of the molecule is CC(Cc1cccc(F)c1)Nc1ccc([N+](=O)[O-])cc1F. The average molecular weight is 292 g/mol. The summed E-state index contributed by atoms with van der Waals surface area (Å²) in [5.41, 5.74) is 0.678. The quantitative estimate of drug-likeness (QED) is 0.671. The minimum absolute atomic E-state index is 0.150. The second-order valence-corrected chi connectivity index (χ2v) is 4.80. The second-order valence-electron chi connectivity index (χ2n) is 4.80. The fourth-order valence-corrected chi connectivity index (χ4v) is 2.07. The van der Waals surface area contributed by atoms with Crippen LogP contribution in [0.15, 0.2) is 42.5 Å². The number of nitrogens with zero attached hydrogens (tertiary/aromatic N) is 1. The Bertz CT molecular complexity index is 662. The number of halogens is 2. The highest BCUT2D eigenvalue weighted by Crippen LogP contribution is 2.21. The second kappa shape index (κ2) is 6.30. The van der Waals surface area contributed by atoms with Gasteiger partial charge in [-0.3, -0.25) is 10.1 Å². The number of nitro benzene ring substituents is 1. The molecular weight excluding hydrogens is 278 g/mol. The van der Waals surface area contributed by atoms with Crippen LogP contribution >= 0.6 is 0 Å². The Balaban J connectivity index is 2.06. The van der Waals surface area contributed by atoms with E-state index in [1.807, 2.05) is 6.92 Å². The van der Waals surface area contributed by atoms with Crippen LogP contribution in [0, 0.1) is 21.7 Å². The summed E-state index contributed by atoms with van der Waals surface area (Å²) in [5.74, 6) is -1.00. The van der Waals surface area contributed by atoms with Gasteiger partial charge in [0, 0.05) is 12.1 Å². The molecule has 2 aromatic rings. The molecule has 2 rings (SSSR count). The van der Waals surface area contributed by atoms with E-state index < -0.39 is 10.7 Å². The van der Waals surface area contributed by atoms with E-state index in [2.05, 4.69) is 5.32 Å². The van der Waals surface area contributed by atoms with Crippen molar-refractivity contribution in [3.8, 4) is 0 Å². The molecule has 6 heteroatoms. The number of anilines is 1. The minimum Gasteiger partial charge on any atom is -0.380 e. The zero-order chi connectivity index (χ0) is 15.4. The van der Waals surface area contributed by atoms with Crippen LogP contribution in [0.25, 0.3) is 0 Å². The molecule has 1 unspecified atom stereocenters. The Labute approximate surface area is 120 Å². The Morgan fingerprint density at radius 2 is 2.00 bits per heavy atom. The number of hydrogen-bond acceptors (Lipinski definition) is 3. The first-order chi connectivity index (χ1) is 9.95. The molecule has 0 saturated carbocycles. The standard InChI is InChI=1S/C15H14F2N2O2/c1-10(7-11-3-2-4-12(16)8-11)18-15-6-5-13(19(20)21)9-14(15)17/h2-6,8-10,18H,7H2,1H3. The van der Waals surface area contributed by atoms with Crippen LogP contribution in [0.1, 0.15) is 12.5 Å². The van der Waals surface area contributed by atoms with Crippen molar-refractivity contribution in [2.45, 2.75) is 19.4 Å². The number of nitro groups is 1. The molecule has 0 fully saturated rings. The lowest BCUT2D eigenvalue weighted by atomic mass is 10.1. The fourth-order valence-electron chi connectivity index (χ4n) is 2.07. The maximum Gasteiger partial charge on any atom is 0.272 e. The third-order valence-corrected chi connectivity index (χ3v) is 3.00. The smallest absolute Gasteiger partial charge is 0.272 e. The van der Waals surface area contributed by atoms with Crippen LogP contribution in [0.4, 0.5) is 20.2 Å². The summed E-state index contributed by atoms with van der Waals surface area (Å²) in [4.78, 5) is 9.89. The zero-order valence-corrected chi connectivity index (χ0v) is 11.3. The van der Waals surface area contributed by atoms with Gasteiger partial charge in [-0.25, -0.2) is 8.78 Å². The molecule has 0 heterocycles. The molecule has 1 N–H and O–H groups in total. The molecule has 1 atom stereocenters. The van der Waals surface area contributed by atoms with Gasteiger partial charge in [0.25, 0.3) is 5.69 Å². The highest BCUT2D eigenvalue weighted by molar-refractivity contribution is 5.50. The van der Waals surface area contributed by atoms with Gasteiger partial charge in [0.2, 0.25) is 0 Å². The molecule has 0 aliphatic rings. The number of non-ortho nitro benzene ring substituents is 1. The molecule has 0 spiro atoms. The zero-order valence-electron chi connectivity index (χ0n) is 11.3. The van der Waals surface area contributed by atoms with Crippen molar-refractivity contribution >= 4 is 11.4 Å². The Kier molecular flexibility index (Phi) is 4.47. The third-order valence-electron chi connectivity index (χ3n) is 3.00. The van der Waals surface area contributed by atoms with Crippen molar-refractivity contribution < 1.29 is 13.7 Å². The van der Waals surface area contributed by atoms with Crippen molar-refractivity contribution in [2.75, 3.05) is 5.32 Å². The van der Waals surface area contributed by atoms with Crippen LogP contribution in [0.5, 0.6) is 0 Å². The molecule has 2 aromatic carbocycles. The molecule has 0 aliphatic carbocycles. The summed E-state index contributed by atoms with van der Waals surface area (Å²) < 4.78 is 26.8. The van der Waals surface area contributed by atoms with Gasteiger partial charge in [0.05, 0.1) is 16.7 Å². The van der Waals surface area contributed by atoms with E-state index in [1.54, 1.807) is 12.1 Å². The Hall–Kier alpha value is -2.50. The largest absolute Gasteiger partial charge is 0.380 e. The molecule has 0 aliphatic heterocycles. The average Bonchev–Trinajstić information content (AvgIpc) is 2.40. The summed E-state index contributed by atoms with van der Waals surface area (Å²) in [5, 5.41) is 13.5. The van der Waals surface area contributed by atoms with Crippen molar-refractivity contribution in [3.63, 3.8) is 0 Å². The van der Waals surface area contributed by atoms with Crippen LogP contribution in [0.3, 0.4) is 0 Å². The first-order valence-corrected chi connectivity index (χ1v) is 6.40. The fraction of sp³-hybridized carbons (Fsp3) is 0.200. The lowest BCUT2D eigenvalue weighted by Gasteiger charge is -2.16. The summed E-state index contributed by atoms with van der Waals surface area (Å²) >= 11 is 0. The normalized spacial score (nSPS) is 12.0. The summed E-state index contributed by atoms with van der Waals surface area (Å²) in [6.07, 6.45) is 0.508. The van der Waals surface area contributed by atoms with Gasteiger partial charge < -0.3 is 5.32 Å². The first-order valence-electron chi connectivity index (χ1n) is 6.40. The summed E-state index contributed by atoms with van der Waals surface area (Å²) in [6, 6.07) is 9.47. The van der Waals surface area contributed by atoms with Crippen molar-refractivity contribution in [1.29, 1.82) is 0 Å². The topological polar surface area (TPSA) is 55.2 Å². The molecule has 110 valence electrons. The van der Waals surface area contributed by atoms with Gasteiger partial charge in [-0.15, -0.1) is 0 Å². The highest BCUT2D eigenvalue weighted by atomic mass is 19.1. The van der Waals surface area contributed by atoms with Gasteiger partial charge in [-0.05, 0) is 37.1 Å². The van der Waals surface area contributed by atoms with E-state index in [0.717, 1.165) is 11.6 Å². The minimum atomic E-state index is -0.685. The maximum absolute atomic E-state index is 13.7. The molecule has 0 bridgehead atoms. The van der Waals surface area contributed by atoms with Crippen molar-refractivity contribution in [2.24, 2.45) is 0 Å². The molecule has 0 radical (unpaired) electrons. The number of benzene rings is 2. The van der Waals surface area contributed by atoms with E-state index in [4.69, 9.17) is 0 Å². The van der Waals surface area contributed by atoms with Gasteiger partial charge >= 0.3 is 0 Å². The van der Waals surface area contributed by atoms with Crippen LogP contribution in [-0.2, 0) is 6.42 Å². The van der Waals surface area contributed by atoms with Gasteiger partial charge in [0.1, 0.15) is 5.82 Å². The van der Waals surface area contributed by atoms with Gasteiger partial charge in [0.15, 0.2) is 5.82 Å². The highest BCUT2D eigenvalue weighted by Gasteiger charge is 2.12. The number of hydrogen-bond donors (Lipinski definition) is 1. The Morgan fingerprint density at radius 1 is 1.24 bits per heavy atom. The summed E-state index contributed by atoms with van der Waals surface area (Å²) in [6.45, 7) is 1.83. The third kappa shape index (κ3) is 3.98. The van der Waals surface area contributed by atoms with Crippen molar-refractivity contribution in [3.05, 3.63) is 69.8 Å². The summed E-state index contributed by atoms with van der Waals surface area (Å²) in [7, 11) is 0. The lowest BCUT2D eigenvalue weighted by Crippen LogP contribution is -2.19. The van der Waals surface area contributed by atoms with Gasteiger partial charge in [-0.1, -0.05) is 12.1 Å². The monoisotopic (exact) mass is 292 g/mol. The van der Waals surface area contributed by atoms with E-state index >= 15 is 0 Å². The number of rotatable bonds is 5. The predicted octanol–water partition coefficient (Wildman–Crippen LogP) is 3.92. The van der Waals surface area contributed by atoms with Gasteiger partial charge in [-0.2, -0.15) is 0 Å². The maximum atomic E-state index is 13.7. The molecule has 0 amide bonds. The molecule has 0 saturated heterocycles. The van der Waals surface area contributed by atoms with E-state index in [9.17, 15) is 18.9 Å².